The second-order valence-electron chi connectivity index (χ2n) is 14.7. The van der Waals surface area contributed by atoms with Gasteiger partial charge in [-0.25, -0.2) is 4.98 Å². The molecular weight excluding hydrogens is 478 g/mol. The van der Waals surface area contributed by atoms with Crippen LogP contribution in [0.15, 0.2) is 42.6 Å². The molecule has 0 unspecified atom stereocenters. The lowest BCUT2D eigenvalue weighted by Gasteiger charge is -2.60. The second kappa shape index (κ2) is 10.5. The minimum Gasteiger partial charge on any atom is -0.244 e. The molecule has 0 bridgehead atoms. The minimum absolute atomic E-state index is 0.502. The first kappa shape index (κ1) is 26.8. The van der Waals surface area contributed by atoms with E-state index < -0.39 is 0 Å². The van der Waals surface area contributed by atoms with Gasteiger partial charge in [-0.05, 0) is 109 Å². The maximum atomic E-state index is 4.82. The number of hydrogen-bond acceptors (Lipinski definition) is 2. The first-order chi connectivity index (χ1) is 18.3. The van der Waals surface area contributed by atoms with Crippen LogP contribution in [0.4, 0.5) is 0 Å². The zero-order chi connectivity index (χ0) is 26.5. The van der Waals surface area contributed by atoms with Gasteiger partial charge in [0, 0.05) is 11.8 Å². The van der Waals surface area contributed by atoms with Crippen LogP contribution in [0.5, 0.6) is 0 Å². The fraction of sp³-hybridized carbons (Fsp3) is 0.694. The van der Waals surface area contributed by atoms with E-state index in [2.05, 4.69) is 77.2 Å². The maximum absolute atomic E-state index is 4.82. The Labute approximate surface area is 236 Å². The Morgan fingerprint density at radius 3 is 2.50 bits per heavy atom. The van der Waals surface area contributed by atoms with Crippen LogP contribution in [0.1, 0.15) is 110 Å². The zero-order valence-corrected chi connectivity index (χ0v) is 25.5. The highest BCUT2D eigenvalue weighted by molar-refractivity contribution is 7.16. The summed E-state index contributed by atoms with van der Waals surface area (Å²) in [4.78, 5) is 6.23. The highest BCUT2D eigenvalue weighted by atomic mass is 32.1. The lowest BCUT2D eigenvalue weighted by atomic mass is 9.44. The van der Waals surface area contributed by atoms with Crippen molar-refractivity contribution in [2.75, 3.05) is 0 Å². The summed E-state index contributed by atoms with van der Waals surface area (Å²) in [6.45, 7) is 12.8. The van der Waals surface area contributed by atoms with Gasteiger partial charge in [0.05, 0.1) is 4.88 Å². The van der Waals surface area contributed by atoms with Gasteiger partial charge in [-0.3, -0.25) is 0 Å². The molecule has 0 aliphatic heterocycles. The van der Waals surface area contributed by atoms with Gasteiger partial charge in [0.15, 0.2) is 0 Å². The summed E-state index contributed by atoms with van der Waals surface area (Å²) >= 11 is 1.90. The molecule has 4 aliphatic carbocycles. The van der Waals surface area contributed by atoms with Gasteiger partial charge in [-0.15, -0.1) is 11.3 Å². The monoisotopic (exact) mass is 529 g/mol. The van der Waals surface area contributed by atoms with E-state index in [1.807, 2.05) is 11.3 Å². The molecule has 1 aromatic carbocycles. The molecule has 0 amide bonds. The van der Waals surface area contributed by atoms with Gasteiger partial charge in [0.2, 0.25) is 0 Å². The maximum Gasteiger partial charge on any atom is 0.123 e. The van der Waals surface area contributed by atoms with Crippen molar-refractivity contribution in [3.63, 3.8) is 0 Å². The molecule has 1 nitrogen and oxygen atoms in total. The first-order valence-corrected chi connectivity index (χ1v) is 16.8. The molecule has 0 radical (unpaired) electrons. The number of fused-ring (bicyclic) bond motifs is 5. The molecule has 0 saturated heterocycles. The molecule has 2 heteroatoms. The molecule has 8 atom stereocenters. The van der Waals surface area contributed by atoms with Crippen LogP contribution in [0.2, 0.25) is 0 Å². The molecule has 4 aliphatic rings. The Kier molecular flexibility index (Phi) is 7.43. The summed E-state index contributed by atoms with van der Waals surface area (Å²) in [5.74, 6) is 6.48. The molecule has 38 heavy (non-hydrogen) atoms. The van der Waals surface area contributed by atoms with Crippen LogP contribution in [0.3, 0.4) is 0 Å². The summed E-state index contributed by atoms with van der Waals surface area (Å²) in [7, 11) is 0. The first-order valence-electron chi connectivity index (χ1n) is 16.0. The average molecular weight is 530 g/mol. The number of thiazole rings is 1. The third kappa shape index (κ3) is 4.65. The number of rotatable bonds is 7. The Balaban J connectivity index is 1.16. The van der Waals surface area contributed by atoms with E-state index in [-0.39, 0.29) is 0 Å². The molecular formula is C36H51NS. The largest absolute Gasteiger partial charge is 0.244 e. The third-order valence-electron chi connectivity index (χ3n) is 12.4. The number of hydrogen-bond donors (Lipinski definition) is 0. The smallest absolute Gasteiger partial charge is 0.123 e. The number of allylic oxidation sites excluding steroid dienone is 2. The Hall–Kier alpha value is -1.41. The van der Waals surface area contributed by atoms with Gasteiger partial charge in [0.1, 0.15) is 5.01 Å². The Bertz CT molecular complexity index is 1130. The molecule has 3 saturated carbocycles. The molecule has 206 valence electrons. The van der Waals surface area contributed by atoms with E-state index >= 15 is 0 Å². The van der Waals surface area contributed by atoms with Crippen LogP contribution in [0.25, 0.3) is 16.1 Å². The Morgan fingerprint density at radius 1 is 0.921 bits per heavy atom. The highest BCUT2D eigenvalue weighted by Gasteiger charge is 2.60. The zero-order valence-electron chi connectivity index (χ0n) is 24.7. The van der Waals surface area contributed by atoms with Crippen molar-refractivity contribution in [3.05, 3.63) is 47.5 Å². The standard InChI is InChI=1S/C36H51NS/c1-24(2)10-9-11-25(3)30-16-17-31-29-15-14-28-22-27(18-20-35(28,4)32(29)19-21-36(30,31)5)33-23-37-34(38-33)26-12-7-6-8-13-26/h6-8,12-13,18,23-25,28-32H,9-11,14-17,19-22H2,1-5H3/t25-,28+,29+,30-,31+,32+,35+,36-/m1/s1. The molecule has 0 spiro atoms. The van der Waals surface area contributed by atoms with Crippen molar-refractivity contribution in [1.29, 1.82) is 0 Å². The molecule has 1 heterocycles. The van der Waals surface area contributed by atoms with Crippen molar-refractivity contribution in [3.8, 4) is 10.6 Å². The average Bonchev–Trinajstić information content (AvgIpc) is 3.53. The predicted octanol–water partition coefficient (Wildman–Crippen LogP) is 10.9. The van der Waals surface area contributed by atoms with Crippen molar-refractivity contribution in [2.24, 2.45) is 52.3 Å². The molecule has 2 aromatic rings. The third-order valence-corrected chi connectivity index (χ3v) is 13.5. The number of aromatic nitrogens is 1. The Morgan fingerprint density at radius 2 is 1.71 bits per heavy atom. The van der Waals surface area contributed by atoms with E-state index in [9.17, 15) is 0 Å². The normalized spacial score (nSPS) is 37.3. The molecule has 6 rings (SSSR count). The fourth-order valence-electron chi connectivity index (χ4n) is 10.2. The molecule has 0 N–H and O–H groups in total. The van der Waals surface area contributed by atoms with E-state index in [0.29, 0.717) is 10.8 Å². The number of nitrogens with zero attached hydrogens (tertiary/aromatic N) is 1. The summed E-state index contributed by atoms with van der Waals surface area (Å²) in [5, 5.41) is 1.17. The second-order valence-corrected chi connectivity index (χ2v) is 15.8. The van der Waals surface area contributed by atoms with Crippen LogP contribution in [-0.4, -0.2) is 4.98 Å². The van der Waals surface area contributed by atoms with Crippen molar-refractivity contribution >= 4 is 16.9 Å². The van der Waals surface area contributed by atoms with Gasteiger partial charge in [-0.1, -0.05) is 90.3 Å². The van der Waals surface area contributed by atoms with Crippen LogP contribution in [-0.2, 0) is 0 Å². The lowest BCUT2D eigenvalue weighted by molar-refractivity contribution is -0.0999. The van der Waals surface area contributed by atoms with Crippen molar-refractivity contribution in [2.45, 2.75) is 105 Å². The van der Waals surface area contributed by atoms with Gasteiger partial charge in [0.25, 0.3) is 0 Å². The van der Waals surface area contributed by atoms with E-state index in [1.54, 1.807) is 5.57 Å². The van der Waals surface area contributed by atoms with Gasteiger partial charge < -0.3 is 0 Å². The van der Waals surface area contributed by atoms with Crippen LogP contribution in [0, 0.1) is 52.3 Å². The summed E-state index contributed by atoms with van der Waals surface area (Å²) in [6, 6.07) is 10.7. The van der Waals surface area contributed by atoms with E-state index in [0.717, 1.165) is 41.4 Å². The molecule has 1 aromatic heterocycles. The van der Waals surface area contributed by atoms with E-state index in [4.69, 9.17) is 4.98 Å². The van der Waals surface area contributed by atoms with Crippen LogP contribution >= 0.6 is 11.3 Å². The summed E-state index contributed by atoms with van der Waals surface area (Å²) in [5.41, 5.74) is 3.94. The van der Waals surface area contributed by atoms with Crippen LogP contribution < -0.4 is 0 Å². The highest BCUT2D eigenvalue weighted by Crippen LogP contribution is 2.68. The van der Waals surface area contributed by atoms with Gasteiger partial charge in [-0.2, -0.15) is 0 Å². The SMILES string of the molecule is CC(C)CCC[C@@H](C)[C@H]1CC[C@H]2[C@@H]3CC[C@H]4CC(c5cnc(-c6ccccc6)s5)=CC[C@]4(C)[C@H]3CC[C@]12C. The van der Waals surface area contributed by atoms with Gasteiger partial charge >= 0.3 is 0 Å². The number of benzene rings is 1. The van der Waals surface area contributed by atoms with Crippen molar-refractivity contribution in [1.82, 2.24) is 4.98 Å². The summed E-state index contributed by atoms with van der Waals surface area (Å²) < 4.78 is 0. The lowest BCUT2D eigenvalue weighted by Crippen LogP contribution is -2.52. The van der Waals surface area contributed by atoms with E-state index in [1.165, 1.54) is 86.1 Å². The molecule has 3 fully saturated rings. The predicted molar refractivity (Wildman–Crippen MR) is 164 cm³/mol. The topological polar surface area (TPSA) is 12.9 Å². The van der Waals surface area contributed by atoms with Crippen molar-refractivity contribution < 1.29 is 0 Å². The summed E-state index contributed by atoms with van der Waals surface area (Å²) in [6.07, 6.45) is 20.6. The quantitative estimate of drug-likeness (QED) is 0.347. The fourth-order valence-corrected chi connectivity index (χ4v) is 11.2. The minimum atomic E-state index is 0.502.